The molecule has 2 aliphatic heterocycles. The molecule has 0 amide bonds. The molecule has 14 heteroatoms. The molecule has 24 heavy (non-hydrogen) atoms. The quantitative estimate of drug-likeness (QED) is 0.346. The fraction of sp³-hybridized carbons (Fsp3) is 0.500. The van der Waals surface area contributed by atoms with Gasteiger partial charge in [-0.15, -0.1) is 0 Å². The number of hydrogen-bond acceptors (Lipinski definition) is 9. The Morgan fingerprint density at radius 2 is 2.12 bits per heavy atom. The zero-order valence-electron chi connectivity index (χ0n) is 12.4. The summed E-state index contributed by atoms with van der Waals surface area (Å²) >= 11 is 0. The number of nitrogens with one attached hydrogen (secondary N) is 1. The second-order valence-corrected chi connectivity index (χ2v) is 6.49. The number of aromatic amines is 1. The number of aliphatic hydroxyl groups excluding tert-OH is 1. The third kappa shape index (κ3) is 2.73. The van der Waals surface area contributed by atoms with Gasteiger partial charge in [-0.1, -0.05) is 0 Å². The zero-order valence-corrected chi connectivity index (χ0v) is 15.3. The van der Waals surface area contributed by atoms with Crippen LogP contribution in [0.1, 0.15) is 6.23 Å². The van der Waals surface area contributed by atoms with Crippen LogP contribution >= 0.6 is 7.82 Å². The Balaban J connectivity index is 0.00000169. The van der Waals surface area contributed by atoms with Gasteiger partial charge in [0.1, 0.15) is 18.3 Å². The maximum atomic E-state index is 11.8. The monoisotopic (exact) mass is 368 g/mol. The van der Waals surface area contributed by atoms with E-state index in [1.54, 1.807) is 0 Å². The Kier molecular flexibility index (Phi) is 4.62. The number of aromatic nitrogens is 4. The number of phosphoric ester groups is 1. The van der Waals surface area contributed by atoms with Crippen LogP contribution in [0.15, 0.2) is 11.1 Å². The van der Waals surface area contributed by atoms with E-state index < -0.39 is 44.5 Å². The summed E-state index contributed by atoms with van der Waals surface area (Å²) < 4.78 is 28.5. The van der Waals surface area contributed by atoms with Gasteiger partial charge in [0.2, 0.25) is 5.95 Å². The summed E-state index contributed by atoms with van der Waals surface area (Å²) in [6, 6.07) is 0. The minimum atomic E-state index is -4.23. The van der Waals surface area contributed by atoms with Crippen LogP contribution in [0.5, 0.6) is 0 Å². The number of imidazole rings is 1. The summed E-state index contributed by atoms with van der Waals surface area (Å²) in [5, 5.41) is 9.35. The van der Waals surface area contributed by atoms with E-state index in [1.807, 2.05) is 0 Å². The van der Waals surface area contributed by atoms with Crippen LogP contribution in [-0.2, 0) is 18.3 Å². The molecule has 0 bridgehead atoms. The van der Waals surface area contributed by atoms with Crippen LogP contribution in [-0.4, -0.2) is 84.0 Å². The van der Waals surface area contributed by atoms with Crippen LogP contribution in [0, 0.1) is 0 Å². The molecular weight excluding hydrogens is 356 g/mol. The fourth-order valence-corrected chi connectivity index (χ4v) is 3.92. The molecule has 0 spiro atoms. The van der Waals surface area contributed by atoms with Crippen molar-refractivity contribution in [3.05, 3.63) is 16.7 Å². The molecule has 0 aliphatic carbocycles. The van der Waals surface area contributed by atoms with Gasteiger partial charge in [0.05, 0.1) is 12.9 Å². The molecule has 2 aromatic rings. The number of hydrogen-bond donors (Lipinski definition) is 4. The molecule has 5 N–H and O–H groups in total. The number of fused-ring (bicyclic) bond motifs is 2. The van der Waals surface area contributed by atoms with E-state index in [9.17, 15) is 19.4 Å². The minimum absolute atomic E-state index is 0. The third-order valence-corrected chi connectivity index (χ3v) is 4.72. The first kappa shape index (κ1) is 18.0. The number of nitrogens with zero attached hydrogens (tertiary/aromatic N) is 3. The third-order valence-electron chi connectivity index (χ3n) is 3.70. The maximum Gasteiger partial charge on any atom is 0.473 e. The van der Waals surface area contributed by atoms with Crippen molar-refractivity contribution >= 4 is 54.5 Å². The SMILES string of the molecule is Nc1nc2c(ncn2C2OC(CO)C3OP(=O)(O)OC32)c(=O)[nH]1.[Na]. The van der Waals surface area contributed by atoms with Gasteiger partial charge < -0.3 is 20.5 Å². The average molecular weight is 368 g/mol. The molecular formula is C10H12N5NaO7P. The van der Waals surface area contributed by atoms with Crippen LogP contribution < -0.4 is 11.3 Å². The van der Waals surface area contributed by atoms with Gasteiger partial charge in [0.25, 0.3) is 5.56 Å². The molecule has 0 aromatic carbocycles. The molecule has 125 valence electrons. The number of rotatable bonds is 2. The van der Waals surface area contributed by atoms with Gasteiger partial charge in [-0.25, -0.2) is 9.55 Å². The molecule has 2 aromatic heterocycles. The van der Waals surface area contributed by atoms with Crippen molar-refractivity contribution in [3.63, 3.8) is 0 Å². The summed E-state index contributed by atoms with van der Waals surface area (Å²) in [5.41, 5.74) is 5.14. The number of H-pyrrole nitrogens is 1. The number of phosphoric acid groups is 1. The van der Waals surface area contributed by atoms with E-state index in [0.717, 1.165) is 0 Å². The molecule has 4 rings (SSSR count). The summed E-state index contributed by atoms with van der Waals surface area (Å²) in [7, 11) is -4.23. The smallest absolute Gasteiger partial charge is 0.394 e. The van der Waals surface area contributed by atoms with Crippen molar-refractivity contribution in [2.24, 2.45) is 0 Å². The van der Waals surface area contributed by atoms with Crippen LogP contribution in [0.25, 0.3) is 11.2 Å². The first-order valence-corrected chi connectivity index (χ1v) is 8.07. The summed E-state index contributed by atoms with van der Waals surface area (Å²) in [4.78, 5) is 31.5. The van der Waals surface area contributed by atoms with Crippen molar-refractivity contribution < 1.29 is 28.3 Å². The number of nitrogen functional groups attached to an aromatic ring is 1. The van der Waals surface area contributed by atoms with E-state index in [0.29, 0.717) is 0 Å². The summed E-state index contributed by atoms with van der Waals surface area (Å²) in [5.74, 6) is -0.117. The molecule has 4 heterocycles. The number of aliphatic hydroxyl groups is 1. The predicted octanol–water partition coefficient (Wildman–Crippen LogP) is -1.90. The van der Waals surface area contributed by atoms with Crippen molar-refractivity contribution in [1.29, 1.82) is 0 Å². The zero-order chi connectivity index (χ0) is 16.4. The van der Waals surface area contributed by atoms with Crippen LogP contribution in [0.3, 0.4) is 0 Å². The topological polar surface area (TPSA) is 175 Å². The second kappa shape index (κ2) is 6.16. The minimum Gasteiger partial charge on any atom is -0.394 e. The van der Waals surface area contributed by atoms with Gasteiger partial charge in [0, 0.05) is 29.6 Å². The number of ether oxygens (including phenoxy) is 1. The Hall–Kier alpha value is -0.820. The van der Waals surface area contributed by atoms with E-state index in [2.05, 4.69) is 15.0 Å². The Morgan fingerprint density at radius 1 is 1.42 bits per heavy atom. The van der Waals surface area contributed by atoms with Gasteiger partial charge in [-0.2, -0.15) is 4.98 Å². The van der Waals surface area contributed by atoms with Gasteiger partial charge in [-0.05, 0) is 0 Å². The van der Waals surface area contributed by atoms with Crippen LogP contribution in [0.2, 0.25) is 0 Å². The van der Waals surface area contributed by atoms with Crippen molar-refractivity contribution in [3.8, 4) is 0 Å². The van der Waals surface area contributed by atoms with Gasteiger partial charge in [0.15, 0.2) is 17.4 Å². The molecule has 2 fully saturated rings. The normalized spacial score (nSPS) is 35.1. The van der Waals surface area contributed by atoms with Gasteiger partial charge in [-0.3, -0.25) is 23.4 Å². The molecule has 0 saturated carbocycles. The predicted molar refractivity (Wildman–Crippen MR) is 78.9 cm³/mol. The van der Waals surface area contributed by atoms with Crippen molar-refractivity contribution in [1.82, 2.24) is 19.5 Å². The Morgan fingerprint density at radius 3 is 2.83 bits per heavy atom. The van der Waals surface area contributed by atoms with E-state index in [-0.39, 0.29) is 46.7 Å². The number of anilines is 1. The molecule has 5 unspecified atom stereocenters. The first-order valence-electron chi connectivity index (χ1n) is 6.58. The number of nitrogens with two attached hydrogens (primary N) is 1. The molecule has 1 radical (unpaired) electrons. The van der Waals surface area contributed by atoms with Crippen molar-refractivity contribution in [2.75, 3.05) is 12.3 Å². The molecule has 5 atom stereocenters. The van der Waals surface area contributed by atoms with Gasteiger partial charge >= 0.3 is 7.82 Å². The van der Waals surface area contributed by atoms with E-state index >= 15 is 0 Å². The van der Waals surface area contributed by atoms with E-state index in [4.69, 9.17) is 19.5 Å². The van der Waals surface area contributed by atoms with Crippen molar-refractivity contribution in [2.45, 2.75) is 24.5 Å². The molecule has 2 saturated heterocycles. The second-order valence-electron chi connectivity index (χ2n) is 5.13. The first-order chi connectivity index (χ1) is 10.9. The Bertz CT molecular complexity index is 886. The maximum absolute atomic E-state index is 11.8. The summed E-state index contributed by atoms with van der Waals surface area (Å²) in [6.45, 7) is -0.441. The fourth-order valence-electron chi connectivity index (χ4n) is 2.78. The molecule has 2 aliphatic rings. The average Bonchev–Trinajstić information content (AvgIpc) is 3.09. The molecule has 12 nitrogen and oxygen atoms in total. The van der Waals surface area contributed by atoms with E-state index in [1.165, 1.54) is 10.9 Å². The largest absolute Gasteiger partial charge is 0.473 e. The van der Waals surface area contributed by atoms with Crippen LogP contribution in [0.4, 0.5) is 5.95 Å². The standard InChI is InChI=1S/C10H12N5O7P.Na/c11-10-13-7-4(8(17)14-10)12-2-15(7)9-6-5(3(1-16)20-9)21-23(18,19)22-6;/h2-3,5-6,9,16H,1H2,(H,18,19)(H3,11,13,14,17);. The Labute approximate surface area is 155 Å². The summed E-state index contributed by atoms with van der Waals surface area (Å²) in [6.07, 6.45) is -2.46.